The van der Waals surface area contributed by atoms with Crippen LogP contribution in [0.25, 0.3) is 0 Å². The smallest absolute Gasteiger partial charge is 0.193 e. The first-order chi connectivity index (χ1) is 11.2. The monoisotopic (exact) mass is 301 g/mol. The van der Waals surface area contributed by atoms with Gasteiger partial charge in [-0.15, -0.1) is 0 Å². The number of aryl methyl sites for hydroxylation is 1. The maximum atomic E-state index is 12.5. The number of nitrogens with one attached hydrogen (secondary N) is 1. The van der Waals surface area contributed by atoms with Gasteiger partial charge < -0.3 is 5.32 Å². The molecule has 0 amide bonds. The van der Waals surface area contributed by atoms with Gasteiger partial charge in [-0.3, -0.25) is 4.79 Å². The van der Waals surface area contributed by atoms with Crippen molar-refractivity contribution in [1.29, 1.82) is 0 Å². The minimum absolute atomic E-state index is 0.0459. The van der Waals surface area contributed by atoms with E-state index < -0.39 is 0 Å². The Bertz CT molecular complexity index is 792. The van der Waals surface area contributed by atoms with Gasteiger partial charge in [0.1, 0.15) is 0 Å². The fraction of sp³-hybridized carbons (Fsp3) is 0.0952. The third-order valence-electron chi connectivity index (χ3n) is 3.78. The largest absolute Gasteiger partial charge is 0.381 e. The molecule has 3 rings (SSSR count). The molecule has 0 aliphatic heterocycles. The highest BCUT2D eigenvalue weighted by Gasteiger charge is 2.08. The number of hydrogen-bond acceptors (Lipinski definition) is 2. The Morgan fingerprint density at radius 1 is 0.826 bits per heavy atom. The molecule has 3 aromatic rings. The minimum atomic E-state index is 0.0459. The number of ketones is 1. The molecule has 0 atom stereocenters. The van der Waals surface area contributed by atoms with Crippen molar-refractivity contribution in [2.75, 3.05) is 5.32 Å². The number of hydrogen-bond donors (Lipinski definition) is 1. The quantitative estimate of drug-likeness (QED) is 0.683. The molecule has 2 heteroatoms. The van der Waals surface area contributed by atoms with Crippen LogP contribution >= 0.6 is 0 Å². The highest BCUT2D eigenvalue weighted by Crippen LogP contribution is 2.16. The van der Waals surface area contributed by atoms with Crippen LogP contribution in [0.5, 0.6) is 0 Å². The predicted octanol–water partition coefficient (Wildman–Crippen LogP) is 4.84. The van der Waals surface area contributed by atoms with Gasteiger partial charge in [0.25, 0.3) is 0 Å². The topological polar surface area (TPSA) is 29.1 Å². The molecule has 0 spiro atoms. The summed E-state index contributed by atoms with van der Waals surface area (Å²) in [6, 6.07) is 25.4. The Hall–Kier alpha value is -2.87. The highest BCUT2D eigenvalue weighted by molar-refractivity contribution is 6.09. The van der Waals surface area contributed by atoms with Crippen molar-refractivity contribution in [3.8, 4) is 0 Å². The third-order valence-corrected chi connectivity index (χ3v) is 3.78. The van der Waals surface area contributed by atoms with Gasteiger partial charge >= 0.3 is 0 Å². The summed E-state index contributed by atoms with van der Waals surface area (Å²) in [6.45, 7) is 2.82. The van der Waals surface area contributed by atoms with Gasteiger partial charge in [-0.1, -0.05) is 72.3 Å². The number of carbonyl (C=O) groups excluding carboxylic acids is 1. The van der Waals surface area contributed by atoms with Gasteiger partial charge in [-0.2, -0.15) is 0 Å². The molecule has 0 saturated heterocycles. The molecule has 114 valence electrons. The molecule has 0 unspecified atom stereocenters. The van der Waals surface area contributed by atoms with Gasteiger partial charge in [0.15, 0.2) is 5.78 Å². The Labute approximate surface area is 136 Å². The van der Waals surface area contributed by atoms with E-state index in [0.717, 1.165) is 12.2 Å². The lowest BCUT2D eigenvalue weighted by atomic mass is 10.0. The lowest BCUT2D eigenvalue weighted by molar-refractivity contribution is 0.103. The van der Waals surface area contributed by atoms with Gasteiger partial charge in [0.2, 0.25) is 0 Å². The molecular weight excluding hydrogens is 282 g/mol. The zero-order valence-corrected chi connectivity index (χ0v) is 13.1. The average Bonchev–Trinajstić information content (AvgIpc) is 2.61. The van der Waals surface area contributed by atoms with Gasteiger partial charge in [-0.25, -0.2) is 0 Å². The van der Waals surface area contributed by atoms with Crippen LogP contribution in [0.3, 0.4) is 0 Å². The van der Waals surface area contributed by atoms with E-state index in [-0.39, 0.29) is 5.78 Å². The summed E-state index contributed by atoms with van der Waals surface area (Å²) in [4.78, 5) is 12.5. The van der Waals surface area contributed by atoms with Crippen molar-refractivity contribution < 1.29 is 4.79 Å². The van der Waals surface area contributed by atoms with Crippen molar-refractivity contribution in [3.05, 3.63) is 101 Å². The molecule has 0 saturated carbocycles. The molecule has 0 bridgehead atoms. The van der Waals surface area contributed by atoms with E-state index >= 15 is 0 Å². The van der Waals surface area contributed by atoms with Crippen LogP contribution in [0.2, 0.25) is 0 Å². The van der Waals surface area contributed by atoms with Crippen LogP contribution < -0.4 is 5.32 Å². The number of benzene rings is 3. The molecule has 0 fully saturated rings. The molecule has 0 aromatic heterocycles. The van der Waals surface area contributed by atoms with Crippen molar-refractivity contribution in [2.24, 2.45) is 0 Å². The van der Waals surface area contributed by atoms with Crippen molar-refractivity contribution in [2.45, 2.75) is 13.5 Å². The van der Waals surface area contributed by atoms with Crippen LogP contribution in [0.15, 0.2) is 78.9 Å². The van der Waals surface area contributed by atoms with Gasteiger partial charge in [0, 0.05) is 23.4 Å². The second-order valence-corrected chi connectivity index (χ2v) is 5.62. The summed E-state index contributed by atoms with van der Waals surface area (Å²) in [6.07, 6.45) is 0. The summed E-state index contributed by atoms with van der Waals surface area (Å²) in [5, 5.41) is 3.37. The lowest BCUT2D eigenvalue weighted by Gasteiger charge is -2.09. The first-order valence-corrected chi connectivity index (χ1v) is 7.71. The predicted molar refractivity (Wildman–Crippen MR) is 94.8 cm³/mol. The molecule has 2 nitrogen and oxygen atoms in total. The van der Waals surface area contributed by atoms with E-state index in [1.54, 1.807) is 0 Å². The summed E-state index contributed by atoms with van der Waals surface area (Å²) in [5.74, 6) is 0.0459. The highest BCUT2D eigenvalue weighted by atomic mass is 16.1. The number of carbonyl (C=O) groups is 1. The fourth-order valence-electron chi connectivity index (χ4n) is 2.44. The normalized spacial score (nSPS) is 10.3. The first kappa shape index (κ1) is 15.0. The molecule has 0 heterocycles. The Balaban J connectivity index is 1.72. The maximum absolute atomic E-state index is 12.5. The summed E-state index contributed by atoms with van der Waals surface area (Å²) < 4.78 is 0. The van der Waals surface area contributed by atoms with Crippen LogP contribution in [0, 0.1) is 6.92 Å². The standard InChI is InChI=1S/C21H19NO/c1-16-10-12-17(13-11-16)15-22-20-9-5-8-19(14-20)21(23)18-6-3-2-4-7-18/h2-14,22H,15H2,1H3. The van der Waals surface area contributed by atoms with Crippen LogP contribution in [-0.2, 0) is 6.54 Å². The molecule has 3 aromatic carbocycles. The summed E-state index contributed by atoms with van der Waals surface area (Å²) in [7, 11) is 0. The number of anilines is 1. The molecule has 23 heavy (non-hydrogen) atoms. The van der Waals surface area contributed by atoms with Gasteiger partial charge in [0.05, 0.1) is 0 Å². The maximum Gasteiger partial charge on any atom is 0.193 e. The second-order valence-electron chi connectivity index (χ2n) is 5.62. The Kier molecular flexibility index (Phi) is 4.53. The fourth-order valence-corrected chi connectivity index (χ4v) is 2.44. The Morgan fingerprint density at radius 2 is 1.52 bits per heavy atom. The van der Waals surface area contributed by atoms with Crippen molar-refractivity contribution in [1.82, 2.24) is 0 Å². The van der Waals surface area contributed by atoms with E-state index in [1.165, 1.54) is 11.1 Å². The molecule has 1 N–H and O–H groups in total. The van der Waals surface area contributed by atoms with Gasteiger partial charge in [-0.05, 0) is 24.6 Å². The third kappa shape index (κ3) is 3.86. The minimum Gasteiger partial charge on any atom is -0.381 e. The lowest BCUT2D eigenvalue weighted by Crippen LogP contribution is -2.03. The summed E-state index contributed by atoms with van der Waals surface area (Å²) in [5.41, 5.74) is 4.83. The van der Waals surface area contributed by atoms with E-state index in [4.69, 9.17) is 0 Å². The molecule has 0 aliphatic carbocycles. The summed E-state index contributed by atoms with van der Waals surface area (Å²) >= 11 is 0. The molecule has 0 radical (unpaired) electrons. The second kappa shape index (κ2) is 6.93. The Morgan fingerprint density at radius 3 is 2.26 bits per heavy atom. The average molecular weight is 301 g/mol. The molecular formula is C21H19NO. The van der Waals surface area contributed by atoms with E-state index in [2.05, 4.69) is 36.5 Å². The van der Waals surface area contributed by atoms with Crippen molar-refractivity contribution in [3.63, 3.8) is 0 Å². The zero-order valence-electron chi connectivity index (χ0n) is 13.1. The van der Waals surface area contributed by atoms with Crippen molar-refractivity contribution >= 4 is 11.5 Å². The SMILES string of the molecule is Cc1ccc(CNc2cccc(C(=O)c3ccccc3)c2)cc1. The zero-order chi connectivity index (χ0) is 16.1. The number of rotatable bonds is 5. The van der Waals surface area contributed by atoms with E-state index in [1.807, 2.05) is 54.6 Å². The first-order valence-electron chi connectivity index (χ1n) is 7.71. The van der Waals surface area contributed by atoms with Crippen LogP contribution in [0.1, 0.15) is 27.0 Å². The van der Waals surface area contributed by atoms with E-state index in [0.29, 0.717) is 11.1 Å². The van der Waals surface area contributed by atoms with Crippen LogP contribution in [-0.4, -0.2) is 5.78 Å². The molecule has 0 aliphatic rings. The van der Waals surface area contributed by atoms with E-state index in [9.17, 15) is 4.79 Å². The van der Waals surface area contributed by atoms with Crippen LogP contribution in [0.4, 0.5) is 5.69 Å².